The first-order valence-corrected chi connectivity index (χ1v) is 6.09. The summed E-state index contributed by atoms with van der Waals surface area (Å²) in [6, 6.07) is 10.3. The first-order chi connectivity index (χ1) is 8.20. The minimum absolute atomic E-state index is 0.178. The van der Waals surface area contributed by atoms with E-state index >= 15 is 0 Å². The van der Waals surface area contributed by atoms with Crippen LogP contribution in [0.25, 0.3) is 0 Å². The molecule has 90 valence electrons. The molecule has 0 saturated carbocycles. The number of aliphatic hydroxyl groups is 1. The summed E-state index contributed by atoms with van der Waals surface area (Å²) in [5.74, 6) is 0. The third-order valence-electron chi connectivity index (χ3n) is 3.38. The monoisotopic (exact) mass is 230 g/mol. The molecule has 1 aliphatic heterocycles. The van der Waals surface area contributed by atoms with Gasteiger partial charge in [-0.1, -0.05) is 29.8 Å². The fourth-order valence-electron chi connectivity index (χ4n) is 2.26. The quantitative estimate of drug-likeness (QED) is 0.845. The smallest absolute Gasteiger partial charge is 0.123 e. The first-order valence-electron chi connectivity index (χ1n) is 6.09. The van der Waals surface area contributed by atoms with Gasteiger partial charge in [0.1, 0.15) is 6.04 Å². The van der Waals surface area contributed by atoms with Gasteiger partial charge in [-0.05, 0) is 25.3 Å². The number of benzene rings is 1. The number of nitriles is 1. The normalized spacial score (nSPS) is 19.8. The Morgan fingerprint density at radius 3 is 2.41 bits per heavy atom. The molecule has 0 bridgehead atoms. The van der Waals surface area contributed by atoms with Crippen molar-refractivity contribution in [2.45, 2.75) is 31.9 Å². The van der Waals surface area contributed by atoms with E-state index in [2.05, 4.69) is 11.0 Å². The van der Waals surface area contributed by atoms with Crippen molar-refractivity contribution in [3.8, 4) is 6.07 Å². The molecular weight excluding hydrogens is 212 g/mol. The van der Waals surface area contributed by atoms with E-state index in [1.54, 1.807) is 0 Å². The molecule has 1 saturated heterocycles. The Morgan fingerprint density at radius 1 is 1.29 bits per heavy atom. The second-order valence-corrected chi connectivity index (χ2v) is 4.71. The zero-order valence-electron chi connectivity index (χ0n) is 10.1. The van der Waals surface area contributed by atoms with Gasteiger partial charge in [-0.3, -0.25) is 4.90 Å². The first kappa shape index (κ1) is 12.1. The number of nitrogens with zero attached hydrogens (tertiary/aromatic N) is 2. The summed E-state index contributed by atoms with van der Waals surface area (Å²) in [6.07, 6.45) is 1.34. The van der Waals surface area contributed by atoms with Crippen molar-refractivity contribution in [2.75, 3.05) is 13.1 Å². The van der Waals surface area contributed by atoms with Crippen molar-refractivity contribution in [1.82, 2.24) is 4.90 Å². The van der Waals surface area contributed by atoms with Crippen LogP contribution in [0.15, 0.2) is 24.3 Å². The lowest BCUT2D eigenvalue weighted by atomic mass is 10.0. The van der Waals surface area contributed by atoms with Crippen LogP contribution in [0.1, 0.15) is 30.0 Å². The van der Waals surface area contributed by atoms with Crippen LogP contribution in [0, 0.1) is 18.3 Å². The standard InChI is InChI=1S/C14H18N2O/c1-11-2-4-12(5-3-11)14(10-15)16-8-6-13(17)7-9-16/h2-5,13-14,17H,6-9H2,1H3. The highest BCUT2D eigenvalue weighted by Gasteiger charge is 2.24. The van der Waals surface area contributed by atoms with E-state index in [0.29, 0.717) is 0 Å². The summed E-state index contributed by atoms with van der Waals surface area (Å²) in [5, 5.41) is 18.8. The Kier molecular flexibility index (Phi) is 3.78. The average Bonchev–Trinajstić information content (AvgIpc) is 2.35. The summed E-state index contributed by atoms with van der Waals surface area (Å²) >= 11 is 0. The average molecular weight is 230 g/mol. The largest absolute Gasteiger partial charge is 0.393 e. The zero-order valence-corrected chi connectivity index (χ0v) is 10.1. The van der Waals surface area contributed by atoms with Crippen molar-refractivity contribution in [3.63, 3.8) is 0 Å². The molecule has 2 rings (SSSR count). The molecule has 0 aliphatic carbocycles. The van der Waals surface area contributed by atoms with E-state index < -0.39 is 0 Å². The Bertz CT molecular complexity index is 399. The van der Waals surface area contributed by atoms with E-state index in [-0.39, 0.29) is 12.1 Å². The lowest BCUT2D eigenvalue weighted by molar-refractivity contribution is 0.0716. The topological polar surface area (TPSA) is 47.3 Å². The van der Waals surface area contributed by atoms with Gasteiger partial charge in [0.05, 0.1) is 12.2 Å². The van der Waals surface area contributed by atoms with Crippen molar-refractivity contribution >= 4 is 0 Å². The van der Waals surface area contributed by atoms with E-state index in [1.807, 2.05) is 31.2 Å². The van der Waals surface area contributed by atoms with E-state index in [0.717, 1.165) is 31.5 Å². The summed E-state index contributed by atoms with van der Waals surface area (Å²) in [6.45, 7) is 3.64. The van der Waals surface area contributed by atoms with Crippen molar-refractivity contribution < 1.29 is 5.11 Å². The number of hydrogen-bond donors (Lipinski definition) is 1. The molecule has 0 radical (unpaired) electrons. The molecular formula is C14H18N2O. The maximum atomic E-state index is 9.48. The van der Waals surface area contributed by atoms with Crippen LogP contribution in [0.4, 0.5) is 0 Å². The third kappa shape index (κ3) is 2.85. The SMILES string of the molecule is Cc1ccc(C(C#N)N2CCC(O)CC2)cc1. The fourth-order valence-corrected chi connectivity index (χ4v) is 2.26. The third-order valence-corrected chi connectivity index (χ3v) is 3.38. The molecule has 1 N–H and O–H groups in total. The molecule has 1 fully saturated rings. The second-order valence-electron chi connectivity index (χ2n) is 4.71. The molecule has 1 heterocycles. The minimum Gasteiger partial charge on any atom is -0.393 e. The fraction of sp³-hybridized carbons (Fsp3) is 0.500. The maximum Gasteiger partial charge on any atom is 0.123 e. The molecule has 17 heavy (non-hydrogen) atoms. The predicted octanol–water partition coefficient (Wildman–Crippen LogP) is 2.02. The lowest BCUT2D eigenvalue weighted by Gasteiger charge is -2.32. The number of piperidine rings is 1. The van der Waals surface area contributed by atoms with Crippen molar-refractivity contribution in [3.05, 3.63) is 35.4 Å². The van der Waals surface area contributed by atoms with Crippen molar-refractivity contribution in [1.29, 1.82) is 5.26 Å². The number of rotatable bonds is 2. The van der Waals surface area contributed by atoms with Gasteiger partial charge in [0, 0.05) is 13.1 Å². The Labute approximate surface area is 102 Å². The summed E-state index contributed by atoms with van der Waals surface area (Å²) in [5.41, 5.74) is 2.26. The van der Waals surface area contributed by atoms with Crippen LogP contribution in [0.3, 0.4) is 0 Å². The highest BCUT2D eigenvalue weighted by Crippen LogP contribution is 2.24. The van der Waals surface area contributed by atoms with Crippen LogP contribution in [-0.4, -0.2) is 29.2 Å². The highest BCUT2D eigenvalue weighted by molar-refractivity contribution is 5.27. The Morgan fingerprint density at radius 2 is 1.88 bits per heavy atom. The van der Waals surface area contributed by atoms with Crippen molar-refractivity contribution in [2.24, 2.45) is 0 Å². The van der Waals surface area contributed by atoms with Crippen LogP contribution < -0.4 is 0 Å². The van der Waals surface area contributed by atoms with Gasteiger partial charge in [-0.25, -0.2) is 0 Å². The molecule has 1 aromatic rings. The molecule has 0 amide bonds. The molecule has 1 atom stereocenters. The van der Waals surface area contributed by atoms with Crippen LogP contribution >= 0.6 is 0 Å². The van der Waals surface area contributed by atoms with E-state index in [9.17, 15) is 10.4 Å². The second kappa shape index (κ2) is 5.31. The number of aryl methyl sites for hydroxylation is 1. The van der Waals surface area contributed by atoms with Gasteiger partial charge in [0.2, 0.25) is 0 Å². The molecule has 1 aliphatic rings. The van der Waals surface area contributed by atoms with Gasteiger partial charge >= 0.3 is 0 Å². The molecule has 0 aromatic heterocycles. The molecule has 3 nitrogen and oxygen atoms in total. The summed E-state index contributed by atoms with van der Waals surface area (Å²) in [7, 11) is 0. The van der Waals surface area contributed by atoms with Gasteiger partial charge in [0.25, 0.3) is 0 Å². The van der Waals surface area contributed by atoms with Gasteiger partial charge < -0.3 is 5.11 Å². The van der Waals surface area contributed by atoms with Crippen LogP contribution in [0.5, 0.6) is 0 Å². The number of aliphatic hydroxyl groups excluding tert-OH is 1. The summed E-state index contributed by atoms with van der Waals surface area (Å²) in [4.78, 5) is 2.15. The zero-order chi connectivity index (χ0) is 12.3. The molecule has 1 unspecified atom stereocenters. The molecule has 3 heteroatoms. The van der Waals surface area contributed by atoms with E-state index in [4.69, 9.17) is 0 Å². The lowest BCUT2D eigenvalue weighted by Crippen LogP contribution is -2.38. The van der Waals surface area contributed by atoms with Gasteiger partial charge in [-0.15, -0.1) is 0 Å². The van der Waals surface area contributed by atoms with Crippen LogP contribution in [-0.2, 0) is 0 Å². The summed E-state index contributed by atoms with van der Waals surface area (Å²) < 4.78 is 0. The minimum atomic E-state index is -0.191. The van der Waals surface area contributed by atoms with Gasteiger partial charge in [0.15, 0.2) is 0 Å². The molecule has 1 aromatic carbocycles. The van der Waals surface area contributed by atoms with Gasteiger partial charge in [-0.2, -0.15) is 5.26 Å². The Hall–Kier alpha value is -1.37. The molecule has 0 spiro atoms. The highest BCUT2D eigenvalue weighted by atomic mass is 16.3. The maximum absolute atomic E-state index is 9.48. The predicted molar refractivity (Wildman–Crippen MR) is 66.3 cm³/mol. The van der Waals surface area contributed by atoms with E-state index in [1.165, 1.54) is 5.56 Å². The Balaban J connectivity index is 2.11. The number of hydrogen-bond acceptors (Lipinski definition) is 3. The number of likely N-dealkylation sites (tertiary alicyclic amines) is 1. The van der Waals surface area contributed by atoms with Crippen LogP contribution in [0.2, 0.25) is 0 Å².